The van der Waals surface area contributed by atoms with Crippen molar-refractivity contribution in [2.24, 2.45) is 0 Å². The van der Waals surface area contributed by atoms with Crippen molar-refractivity contribution in [3.05, 3.63) is 33.3 Å². The molecular weight excluding hydrogens is 472 g/mol. The predicted octanol–water partition coefficient (Wildman–Crippen LogP) is 4.09. The first-order valence-electron chi connectivity index (χ1n) is 8.49. The molecule has 2 aromatic heterocycles. The van der Waals surface area contributed by atoms with Crippen molar-refractivity contribution in [3.8, 4) is 0 Å². The molecule has 0 aliphatic heterocycles. The van der Waals surface area contributed by atoms with E-state index in [4.69, 9.17) is 0 Å². The van der Waals surface area contributed by atoms with Gasteiger partial charge in [0, 0.05) is 25.2 Å². The van der Waals surface area contributed by atoms with Crippen LogP contribution in [0.1, 0.15) is 35.6 Å². The van der Waals surface area contributed by atoms with E-state index in [9.17, 15) is 31.1 Å². The number of hydrogen-bond donors (Lipinski definition) is 1. The first kappa shape index (κ1) is 23.2. The van der Waals surface area contributed by atoms with Gasteiger partial charge in [-0.2, -0.15) is 36.5 Å². The van der Waals surface area contributed by atoms with E-state index in [2.05, 4.69) is 31.4 Å². The fourth-order valence-corrected chi connectivity index (χ4v) is 3.06. The van der Waals surface area contributed by atoms with Crippen molar-refractivity contribution in [2.75, 3.05) is 6.54 Å². The first-order valence-corrected chi connectivity index (χ1v) is 9.28. The van der Waals surface area contributed by atoms with Gasteiger partial charge in [0.1, 0.15) is 0 Å². The van der Waals surface area contributed by atoms with Gasteiger partial charge in [-0.15, -0.1) is 0 Å². The number of halogens is 7. The van der Waals surface area contributed by atoms with Gasteiger partial charge in [-0.3, -0.25) is 14.2 Å². The minimum atomic E-state index is -4.60. The molecular formula is C16H18BrF6N5O. The van der Waals surface area contributed by atoms with Crippen molar-refractivity contribution >= 4 is 21.8 Å². The summed E-state index contributed by atoms with van der Waals surface area (Å²) in [5, 5.41) is 9.54. The van der Waals surface area contributed by atoms with Crippen LogP contribution in [0.3, 0.4) is 0 Å². The van der Waals surface area contributed by atoms with Gasteiger partial charge >= 0.3 is 12.4 Å². The third-order valence-corrected chi connectivity index (χ3v) is 5.04. The summed E-state index contributed by atoms with van der Waals surface area (Å²) in [7, 11) is 0. The second-order valence-corrected chi connectivity index (χ2v) is 7.11. The van der Waals surface area contributed by atoms with E-state index in [1.807, 2.05) is 0 Å². The topological polar surface area (TPSA) is 64.7 Å². The van der Waals surface area contributed by atoms with Crippen LogP contribution in [0.25, 0.3) is 0 Å². The summed E-state index contributed by atoms with van der Waals surface area (Å²) in [6.45, 7) is 3.28. The Labute approximate surface area is 170 Å². The van der Waals surface area contributed by atoms with Crippen molar-refractivity contribution in [3.63, 3.8) is 0 Å². The fourth-order valence-electron chi connectivity index (χ4n) is 2.55. The summed E-state index contributed by atoms with van der Waals surface area (Å²) in [4.78, 5) is 11.9. The standard InChI is InChI=1S/C16H18BrF6N5O/c1-9-8-11(15(18,19)20)25-27(9)6-3-5-24-12(29)4-7-28-10(2)13(17)14(26-28)16(21,22)23/h8H,3-7H2,1-2H3,(H,24,29). The van der Waals surface area contributed by atoms with Gasteiger partial charge < -0.3 is 5.32 Å². The number of amides is 1. The van der Waals surface area contributed by atoms with Gasteiger partial charge in [0.15, 0.2) is 11.4 Å². The molecule has 13 heteroatoms. The highest BCUT2D eigenvalue weighted by Crippen LogP contribution is 2.35. The van der Waals surface area contributed by atoms with Crippen molar-refractivity contribution in [1.82, 2.24) is 24.9 Å². The number of rotatable bonds is 7. The Morgan fingerprint density at radius 3 is 2.24 bits per heavy atom. The lowest BCUT2D eigenvalue weighted by atomic mass is 10.3. The highest BCUT2D eigenvalue weighted by Gasteiger charge is 2.38. The third-order valence-electron chi connectivity index (χ3n) is 4.09. The van der Waals surface area contributed by atoms with E-state index >= 15 is 0 Å². The van der Waals surface area contributed by atoms with Gasteiger partial charge in [-0.25, -0.2) is 0 Å². The van der Waals surface area contributed by atoms with Crippen LogP contribution in [0.15, 0.2) is 10.5 Å². The van der Waals surface area contributed by atoms with Crippen LogP contribution in [-0.4, -0.2) is 32.0 Å². The van der Waals surface area contributed by atoms with Gasteiger partial charge in [-0.05, 0) is 42.3 Å². The Balaban J connectivity index is 1.80. The minimum absolute atomic E-state index is 0.0421. The average molecular weight is 490 g/mol. The molecule has 1 amide bonds. The molecule has 2 heterocycles. The van der Waals surface area contributed by atoms with Crippen LogP contribution >= 0.6 is 15.9 Å². The second-order valence-electron chi connectivity index (χ2n) is 6.31. The third kappa shape index (κ3) is 5.97. The summed E-state index contributed by atoms with van der Waals surface area (Å²) < 4.78 is 78.5. The van der Waals surface area contributed by atoms with Crippen LogP contribution in [0, 0.1) is 13.8 Å². The van der Waals surface area contributed by atoms with E-state index in [-0.39, 0.29) is 36.2 Å². The number of aryl methyl sites for hydroxylation is 3. The van der Waals surface area contributed by atoms with Crippen molar-refractivity contribution < 1.29 is 31.1 Å². The normalized spacial score (nSPS) is 12.4. The Hall–Kier alpha value is -2.05. The molecule has 162 valence electrons. The van der Waals surface area contributed by atoms with Gasteiger partial charge in [0.2, 0.25) is 5.91 Å². The molecule has 6 nitrogen and oxygen atoms in total. The van der Waals surface area contributed by atoms with Crippen molar-refractivity contribution in [1.29, 1.82) is 0 Å². The number of alkyl halides is 6. The Kier molecular flexibility index (Phi) is 7.01. The maximum absolute atomic E-state index is 12.8. The molecule has 2 rings (SSSR count). The van der Waals surface area contributed by atoms with Crippen LogP contribution in [0.4, 0.5) is 26.3 Å². The van der Waals surface area contributed by atoms with Gasteiger partial charge in [0.05, 0.1) is 16.7 Å². The van der Waals surface area contributed by atoms with Crippen LogP contribution in [0.2, 0.25) is 0 Å². The Bertz CT molecular complexity index is 871. The summed E-state index contributed by atoms with van der Waals surface area (Å²) in [5.41, 5.74) is -1.43. The lowest BCUT2D eigenvalue weighted by molar-refractivity contribution is -0.142. The summed E-state index contributed by atoms with van der Waals surface area (Å²) in [6.07, 6.45) is -8.87. The van der Waals surface area contributed by atoms with E-state index in [0.717, 1.165) is 10.7 Å². The Morgan fingerprint density at radius 2 is 1.72 bits per heavy atom. The molecule has 0 saturated heterocycles. The van der Waals surface area contributed by atoms with E-state index in [0.29, 0.717) is 12.1 Å². The van der Waals surface area contributed by atoms with Crippen LogP contribution in [-0.2, 0) is 30.2 Å². The van der Waals surface area contributed by atoms with E-state index in [1.54, 1.807) is 0 Å². The molecule has 1 N–H and O–H groups in total. The molecule has 0 aliphatic rings. The second kappa shape index (κ2) is 8.76. The molecule has 0 bridgehead atoms. The number of nitrogens with zero attached hydrogens (tertiary/aromatic N) is 4. The van der Waals surface area contributed by atoms with Crippen LogP contribution < -0.4 is 5.32 Å². The quantitative estimate of drug-likeness (QED) is 0.470. The molecule has 2 aromatic rings. The van der Waals surface area contributed by atoms with Crippen LogP contribution in [0.5, 0.6) is 0 Å². The molecule has 29 heavy (non-hydrogen) atoms. The van der Waals surface area contributed by atoms with E-state index < -0.39 is 29.6 Å². The smallest absolute Gasteiger partial charge is 0.356 e. The molecule has 0 atom stereocenters. The zero-order chi connectivity index (χ0) is 22.0. The molecule has 0 saturated carbocycles. The number of carbonyl (C=O) groups is 1. The minimum Gasteiger partial charge on any atom is -0.356 e. The maximum Gasteiger partial charge on any atom is 0.436 e. The zero-order valence-corrected chi connectivity index (χ0v) is 17.0. The molecule has 0 aliphatic carbocycles. The molecule has 0 aromatic carbocycles. The van der Waals surface area contributed by atoms with Gasteiger partial charge in [-0.1, -0.05) is 0 Å². The Morgan fingerprint density at radius 1 is 1.07 bits per heavy atom. The summed E-state index contributed by atoms with van der Waals surface area (Å²) in [6, 6.07) is 0.943. The fraction of sp³-hybridized carbons (Fsp3) is 0.562. The number of hydrogen-bond acceptors (Lipinski definition) is 3. The number of nitrogens with one attached hydrogen (secondary N) is 1. The lowest BCUT2D eigenvalue weighted by Crippen LogP contribution is -2.26. The molecule has 0 unspecified atom stereocenters. The highest BCUT2D eigenvalue weighted by atomic mass is 79.9. The van der Waals surface area contributed by atoms with E-state index in [1.165, 1.54) is 18.5 Å². The number of aromatic nitrogens is 4. The van der Waals surface area contributed by atoms with Gasteiger partial charge in [0.25, 0.3) is 0 Å². The SMILES string of the molecule is Cc1cc(C(F)(F)F)nn1CCCNC(=O)CCn1nc(C(F)(F)F)c(Br)c1C. The monoisotopic (exact) mass is 489 g/mol. The largest absolute Gasteiger partial charge is 0.436 e. The summed E-state index contributed by atoms with van der Waals surface area (Å²) in [5.74, 6) is -0.405. The number of carbonyl (C=O) groups excluding carboxylic acids is 1. The highest BCUT2D eigenvalue weighted by molar-refractivity contribution is 9.10. The average Bonchev–Trinajstić information content (AvgIpc) is 3.10. The molecule has 0 spiro atoms. The predicted molar refractivity (Wildman–Crippen MR) is 93.9 cm³/mol. The van der Waals surface area contributed by atoms with Crippen molar-refractivity contribution in [2.45, 2.75) is 52.1 Å². The first-order chi connectivity index (χ1) is 13.3. The lowest BCUT2D eigenvalue weighted by Gasteiger charge is -2.08. The molecule has 0 fully saturated rings. The maximum atomic E-state index is 12.8. The zero-order valence-electron chi connectivity index (χ0n) is 15.5. The molecule has 0 radical (unpaired) electrons. The summed E-state index contributed by atoms with van der Waals surface area (Å²) >= 11 is 2.85.